The van der Waals surface area contributed by atoms with Crippen LogP contribution in [0.1, 0.15) is 12.0 Å². The largest absolute Gasteiger partial charge is 0.454 e. The number of benzene rings is 1. The SMILES string of the molecule is O=C(C#Cc1ccc2c(c1)OCO2)NC[C@]1(O)CCOC1. The van der Waals surface area contributed by atoms with Crippen molar-refractivity contribution in [2.45, 2.75) is 12.0 Å². The Bertz CT molecular complexity index is 610. The van der Waals surface area contributed by atoms with Gasteiger partial charge in [0.15, 0.2) is 11.5 Å². The lowest BCUT2D eigenvalue weighted by Gasteiger charge is -2.19. The fraction of sp³-hybridized carbons (Fsp3) is 0.400. The first kappa shape index (κ1) is 13.7. The van der Waals surface area contributed by atoms with Gasteiger partial charge in [0.2, 0.25) is 6.79 Å². The minimum Gasteiger partial charge on any atom is -0.454 e. The third-order valence-corrected chi connectivity index (χ3v) is 3.35. The summed E-state index contributed by atoms with van der Waals surface area (Å²) in [6.07, 6.45) is 0.517. The molecule has 2 aliphatic rings. The number of fused-ring (bicyclic) bond motifs is 1. The summed E-state index contributed by atoms with van der Waals surface area (Å²) in [5.41, 5.74) is -0.312. The maximum Gasteiger partial charge on any atom is 0.296 e. The summed E-state index contributed by atoms with van der Waals surface area (Å²) in [7, 11) is 0. The van der Waals surface area contributed by atoms with Gasteiger partial charge in [-0.25, -0.2) is 0 Å². The topological polar surface area (TPSA) is 77.0 Å². The monoisotopic (exact) mass is 289 g/mol. The van der Waals surface area contributed by atoms with Gasteiger partial charge in [0, 0.05) is 31.1 Å². The maximum absolute atomic E-state index is 11.7. The number of amides is 1. The van der Waals surface area contributed by atoms with Gasteiger partial charge in [-0.2, -0.15) is 0 Å². The highest BCUT2D eigenvalue weighted by Crippen LogP contribution is 2.32. The lowest BCUT2D eigenvalue weighted by Crippen LogP contribution is -2.43. The van der Waals surface area contributed by atoms with E-state index < -0.39 is 11.5 Å². The predicted octanol–water partition coefficient (Wildman–Crippen LogP) is 0.0344. The molecule has 2 N–H and O–H groups in total. The van der Waals surface area contributed by atoms with E-state index in [1.165, 1.54) is 0 Å². The van der Waals surface area contributed by atoms with E-state index in [0.29, 0.717) is 30.1 Å². The van der Waals surface area contributed by atoms with Crippen molar-refractivity contribution < 1.29 is 24.1 Å². The number of rotatable bonds is 2. The Hall–Kier alpha value is -2.23. The van der Waals surface area contributed by atoms with Crippen LogP contribution >= 0.6 is 0 Å². The average molecular weight is 289 g/mol. The van der Waals surface area contributed by atoms with E-state index in [1.807, 2.05) is 0 Å². The van der Waals surface area contributed by atoms with Gasteiger partial charge in [-0.15, -0.1) is 0 Å². The van der Waals surface area contributed by atoms with Crippen LogP contribution in [-0.4, -0.2) is 43.2 Å². The Morgan fingerprint density at radius 2 is 2.24 bits per heavy atom. The Labute approximate surface area is 122 Å². The van der Waals surface area contributed by atoms with Gasteiger partial charge in [-0.1, -0.05) is 5.92 Å². The van der Waals surface area contributed by atoms with Crippen LogP contribution in [0.15, 0.2) is 18.2 Å². The Kier molecular flexibility index (Phi) is 3.69. The van der Waals surface area contributed by atoms with Gasteiger partial charge < -0.3 is 24.6 Å². The number of carbonyl (C=O) groups excluding carboxylic acids is 1. The van der Waals surface area contributed by atoms with Crippen molar-refractivity contribution in [1.29, 1.82) is 0 Å². The van der Waals surface area contributed by atoms with Crippen LogP contribution in [0.4, 0.5) is 0 Å². The predicted molar refractivity (Wildman–Crippen MR) is 72.8 cm³/mol. The molecule has 1 atom stereocenters. The van der Waals surface area contributed by atoms with Crippen molar-refractivity contribution in [3.63, 3.8) is 0 Å². The van der Waals surface area contributed by atoms with Crippen LogP contribution in [0.5, 0.6) is 11.5 Å². The molecule has 110 valence electrons. The van der Waals surface area contributed by atoms with Crippen LogP contribution in [0.3, 0.4) is 0 Å². The molecule has 6 heteroatoms. The van der Waals surface area contributed by atoms with Crippen molar-refractivity contribution >= 4 is 5.91 Å². The number of carbonyl (C=O) groups is 1. The molecule has 21 heavy (non-hydrogen) atoms. The number of ether oxygens (including phenoxy) is 3. The van der Waals surface area contributed by atoms with E-state index in [-0.39, 0.29) is 19.9 Å². The maximum atomic E-state index is 11.7. The molecule has 2 aliphatic heterocycles. The molecule has 0 spiro atoms. The zero-order chi connectivity index (χ0) is 14.7. The minimum atomic E-state index is -0.976. The van der Waals surface area contributed by atoms with E-state index in [2.05, 4.69) is 17.2 Å². The van der Waals surface area contributed by atoms with Crippen LogP contribution < -0.4 is 14.8 Å². The molecule has 1 aromatic rings. The second kappa shape index (κ2) is 5.64. The van der Waals surface area contributed by atoms with Gasteiger partial charge in [0.1, 0.15) is 5.60 Å². The summed E-state index contributed by atoms with van der Waals surface area (Å²) < 4.78 is 15.5. The summed E-state index contributed by atoms with van der Waals surface area (Å²) in [6.45, 7) is 1.09. The Morgan fingerprint density at radius 3 is 3.05 bits per heavy atom. The van der Waals surface area contributed by atoms with Gasteiger partial charge in [-0.3, -0.25) is 4.79 Å². The first-order valence-corrected chi connectivity index (χ1v) is 6.64. The van der Waals surface area contributed by atoms with Crippen LogP contribution in [-0.2, 0) is 9.53 Å². The summed E-state index contributed by atoms with van der Waals surface area (Å²) in [6, 6.07) is 5.23. The quantitative estimate of drug-likeness (QED) is 0.751. The van der Waals surface area contributed by atoms with Gasteiger partial charge in [0.05, 0.1) is 6.61 Å². The Balaban J connectivity index is 1.57. The van der Waals surface area contributed by atoms with Gasteiger partial charge in [-0.05, 0) is 18.2 Å². The fourth-order valence-corrected chi connectivity index (χ4v) is 2.13. The number of hydrogen-bond acceptors (Lipinski definition) is 5. The molecule has 1 aromatic carbocycles. The molecule has 3 rings (SSSR count). The lowest BCUT2D eigenvalue weighted by atomic mass is 10.0. The van der Waals surface area contributed by atoms with Gasteiger partial charge in [0.25, 0.3) is 5.91 Å². The zero-order valence-corrected chi connectivity index (χ0v) is 11.3. The highest BCUT2D eigenvalue weighted by atomic mass is 16.7. The number of nitrogens with one attached hydrogen (secondary N) is 1. The summed E-state index contributed by atoms with van der Waals surface area (Å²) in [4.78, 5) is 11.7. The molecular weight excluding hydrogens is 274 g/mol. The Morgan fingerprint density at radius 1 is 1.38 bits per heavy atom. The van der Waals surface area contributed by atoms with E-state index in [4.69, 9.17) is 14.2 Å². The average Bonchev–Trinajstić information content (AvgIpc) is 3.11. The standard InChI is InChI=1S/C15H15NO5/c17-14(16-8-15(18)5-6-19-9-15)4-2-11-1-3-12-13(7-11)21-10-20-12/h1,3,7,18H,5-6,8-10H2,(H,16,17)/t15-/m1/s1. The number of hydrogen-bond donors (Lipinski definition) is 2. The van der Waals surface area contributed by atoms with Crippen molar-refractivity contribution in [1.82, 2.24) is 5.32 Å². The highest BCUT2D eigenvalue weighted by molar-refractivity contribution is 5.94. The van der Waals surface area contributed by atoms with Crippen LogP contribution in [0, 0.1) is 11.8 Å². The van der Waals surface area contributed by atoms with Crippen molar-refractivity contribution in [3.05, 3.63) is 23.8 Å². The number of aliphatic hydroxyl groups is 1. The van der Waals surface area contributed by atoms with Crippen LogP contribution in [0.25, 0.3) is 0 Å². The molecule has 0 radical (unpaired) electrons. The van der Waals surface area contributed by atoms with E-state index in [1.54, 1.807) is 18.2 Å². The summed E-state index contributed by atoms with van der Waals surface area (Å²) in [5, 5.41) is 12.6. The normalized spacial score (nSPS) is 22.5. The first-order chi connectivity index (χ1) is 10.1. The van der Waals surface area contributed by atoms with Crippen molar-refractivity contribution in [2.24, 2.45) is 0 Å². The van der Waals surface area contributed by atoms with E-state index in [0.717, 1.165) is 0 Å². The first-order valence-electron chi connectivity index (χ1n) is 6.64. The summed E-state index contributed by atoms with van der Waals surface area (Å²) in [5.74, 6) is 6.10. The van der Waals surface area contributed by atoms with E-state index >= 15 is 0 Å². The molecule has 0 bridgehead atoms. The minimum absolute atomic E-state index is 0.141. The van der Waals surface area contributed by atoms with Crippen molar-refractivity contribution in [3.8, 4) is 23.3 Å². The third kappa shape index (κ3) is 3.27. The molecule has 0 saturated carbocycles. The molecule has 1 amide bonds. The lowest BCUT2D eigenvalue weighted by molar-refractivity contribution is -0.116. The van der Waals surface area contributed by atoms with Gasteiger partial charge >= 0.3 is 0 Å². The molecule has 1 fully saturated rings. The second-order valence-corrected chi connectivity index (χ2v) is 5.03. The van der Waals surface area contributed by atoms with Crippen LogP contribution in [0.2, 0.25) is 0 Å². The highest BCUT2D eigenvalue weighted by Gasteiger charge is 2.32. The third-order valence-electron chi connectivity index (χ3n) is 3.35. The fourth-order valence-electron chi connectivity index (χ4n) is 2.13. The molecule has 0 unspecified atom stereocenters. The molecule has 6 nitrogen and oxygen atoms in total. The summed E-state index contributed by atoms with van der Waals surface area (Å²) >= 11 is 0. The van der Waals surface area contributed by atoms with E-state index in [9.17, 15) is 9.90 Å². The molecule has 0 aromatic heterocycles. The van der Waals surface area contributed by atoms with Crippen molar-refractivity contribution in [2.75, 3.05) is 26.6 Å². The zero-order valence-electron chi connectivity index (χ0n) is 11.3. The molecular formula is C15H15NO5. The smallest absolute Gasteiger partial charge is 0.296 e. The molecule has 2 heterocycles. The molecule has 0 aliphatic carbocycles. The second-order valence-electron chi connectivity index (χ2n) is 5.03. The molecule has 1 saturated heterocycles.